The molecule has 0 aliphatic rings. The number of hydrogen-bond acceptors (Lipinski definition) is 12. The number of amides is 2. The summed E-state index contributed by atoms with van der Waals surface area (Å²) in [5.41, 5.74) is 14.7. The summed E-state index contributed by atoms with van der Waals surface area (Å²) in [5, 5.41) is 21.0. The molecule has 43 heavy (non-hydrogen) atoms. The second-order valence-corrected chi connectivity index (χ2v) is 8.85. The number of benzene rings is 1. The van der Waals surface area contributed by atoms with Crippen molar-refractivity contribution in [3.8, 4) is 0 Å². The van der Waals surface area contributed by atoms with Gasteiger partial charge in [-0.2, -0.15) is 4.98 Å². The summed E-state index contributed by atoms with van der Waals surface area (Å²) >= 11 is 0. The zero-order valence-corrected chi connectivity index (χ0v) is 23.0. The van der Waals surface area contributed by atoms with E-state index in [1.165, 1.54) is 18.3 Å². The van der Waals surface area contributed by atoms with Gasteiger partial charge in [0.25, 0.3) is 11.5 Å². The van der Waals surface area contributed by atoms with E-state index < -0.39 is 23.5 Å². The molecule has 7 N–H and O–H groups in total. The number of rotatable bonds is 18. The standard InChI is InChI=1S/C25H31N11O7/c26-25-34-21-20(23(39)35-25)32-17(14-30-21)13-29-16-3-1-15(2-4-16)22(38)33-18(24(40)41)5-6-19(37)28-7-9-42-11-12-43-10-8-31-36-27/h1-4,14,18,29H,5-13H2,(H,28,37)(H,33,38)(H,40,41)(H3,26,30,34,35,39)/t18-/m0/s1. The van der Waals surface area contributed by atoms with Crippen molar-refractivity contribution in [1.82, 2.24) is 30.6 Å². The van der Waals surface area contributed by atoms with Crippen molar-refractivity contribution in [2.45, 2.75) is 25.4 Å². The van der Waals surface area contributed by atoms with Crippen molar-refractivity contribution >= 4 is 40.6 Å². The number of nitrogen functional groups attached to an aromatic ring is 1. The zero-order chi connectivity index (χ0) is 31.0. The number of aromatic amines is 1. The topological polar surface area (TPSA) is 272 Å². The molecule has 0 fully saturated rings. The summed E-state index contributed by atoms with van der Waals surface area (Å²) in [4.78, 5) is 65.6. The Morgan fingerprint density at radius 3 is 2.58 bits per heavy atom. The Morgan fingerprint density at radius 2 is 1.86 bits per heavy atom. The van der Waals surface area contributed by atoms with Gasteiger partial charge in [0.05, 0.1) is 44.9 Å². The molecule has 1 atom stereocenters. The Morgan fingerprint density at radius 1 is 1.12 bits per heavy atom. The van der Waals surface area contributed by atoms with Crippen LogP contribution in [0.1, 0.15) is 28.9 Å². The number of nitrogens with one attached hydrogen (secondary N) is 4. The third-order valence-electron chi connectivity index (χ3n) is 5.71. The first-order chi connectivity index (χ1) is 20.8. The van der Waals surface area contributed by atoms with E-state index in [-0.39, 0.29) is 74.3 Å². The van der Waals surface area contributed by atoms with Crippen molar-refractivity contribution < 1.29 is 29.0 Å². The first-order valence-corrected chi connectivity index (χ1v) is 13.1. The molecule has 0 bridgehead atoms. The Balaban J connectivity index is 1.38. The van der Waals surface area contributed by atoms with Gasteiger partial charge in [0.15, 0.2) is 11.2 Å². The molecule has 0 unspecified atom stereocenters. The van der Waals surface area contributed by atoms with Gasteiger partial charge in [-0.25, -0.2) is 14.8 Å². The molecule has 18 nitrogen and oxygen atoms in total. The third-order valence-corrected chi connectivity index (χ3v) is 5.71. The Kier molecular flexibility index (Phi) is 12.6. The molecule has 0 saturated heterocycles. The highest BCUT2D eigenvalue weighted by atomic mass is 16.5. The average molecular weight is 598 g/mol. The number of nitrogens with zero attached hydrogens (tertiary/aromatic N) is 6. The number of carboxylic acids is 1. The van der Waals surface area contributed by atoms with E-state index in [9.17, 15) is 24.3 Å². The number of H-pyrrole nitrogens is 1. The minimum Gasteiger partial charge on any atom is -0.480 e. The molecule has 18 heteroatoms. The number of carboxylic acid groups (broad SMARTS) is 1. The van der Waals surface area contributed by atoms with Gasteiger partial charge in [0, 0.05) is 35.7 Å². The monoisotopic (exact) mass is 597 g/mol. The van der Waals surface area contributed by atoms with Crippen LogP contribution < -0.4 is 27.2 Å². The number of fused-ring (bicyclic) bond motifs is 1. The number of hydrogen-bond donors (Lipinski definition) is 6. The molecule has 2 heterocycles. The fourth-order valence-electron chi connectivity index (χ4n) is 3.59. The van der Waals surface area contributed by atoms with Crippen LogP contribution in [0.5, 0.6) is 0 Å². The third kappa shape index (κ3) is 10.9. The first-order valence-electron chi connectivity index (χ1n) is 13.1. The summed E-state index contributed by atoms with van der Waals surface area (Å²) in [6, 6.07) is 5.00. The minimum atomic E-state index is -1.27. The van der Waals surface area contributed by atoms with Gasteiger partial charge in [-0.05, 0) is 36.2 Å². The number of azide groups is 1. The number of carbonyl (C=O) groups excluding carboxylic acids is 2. The molecule has 0 aliphatic heterocycles. The van der Waals surface area contributed by atoms with Gasteiger partial charge < -0.3 is 36.3 Å². The fourth-order valence-corrected chi connectivity index (χ4v) is 3.59. The van der Waals surface area contributed by atoms with Gasteiger partial charge in [0.1, 0.15) is 6.04 Å². The van der Waals surface area contributed by atoms with Crippen LogP contribution >= 0.6 is 0 Å². The van der Waals surface area contributed by atoms with Gasteiger partial charge in [-0.3, -0.25) is 19.4 Å². The molecule has 0 aliphatic carbocycles. The van der Waals surface area contributed by atoms with E-state index >= 15 is 0 Å². The van der Waals surface area contributed by atoms with Crippen LogP contribution in [-0.4, -0.2) is 88.4 Å². The number of carbonyl (C=O) groups is 3. The second-order valence-electron chi connectivity index (χ2n) is 8.85. The Bertz CT molecular complexity index is 1510. The van der Waals surface area contributed by atoms with Gasteiger partial charge >= 0.3 is 5.97 Å². The predicted octanol–water partition coefficient (Wildman–Crippen LogP) is 0.330. The van der Waals surface area contributed by atoms with Crippen molar-refractivity contribution in [2.75, 3.05) is 50.6 Å². The maximum absolute atomic E-state index is 12.6. The lowest BCUT2D eigenvalue weighted by atomic mass is 10.1. The van der Waals surface area contributed by atoms with Crippen LogP contribution in [0.25, 0.3) is 21.6 Å². The highest BCUT2D eigenvalue weighted by Crippen LogP contribution is 2.12. The molecule has 3 rings (SSSR count). The Hall–Kier alpha value is -5.32. The quantitative estimate of drug-likeness (QED) is 0.0501. The van der Waals surface area contributed by atoms with E-state index in [1.54, 1.807) is 12.1 Å². The molecule has 2 amide bonds. The lowest BCUT2D eigenvalue weighted by Crippen LogP contribution is -2.41. The lowest BCUT2D eigenvalue weighted by Gasteiger charge is -2.15. The molecular formula is C25H31N11O7. The normalized spacial score (nSPS) is 11.3. The maximum Gasteiger partial charge on any atom is 0.326 e. The highest BCUT2D eigenvalue weighted by Gasteiger charge is 2.21. The van der Waals surface area contributed by atoms with Gasteiger partial charge in [-0.15, -0.1) is 0 Å². The van der Waals surface area contributed by atoms with E-state index in [4.69, 9.17) is 20.7 Å². The molecule has 1 aromatic carbocycles. The average Bonchev–Trinajstić information content (AvgIpc) is 2.99. The predicted molar refractivity (Wildman–Crippen MR) is 153 cm³/mol. The number of nitrogens with two attached hydrogens (primary N) is 1. The number of aromatic nitrogens is 4. The van der Waals surface area contributed by atoms with Gasteiger partial charge in [0.2, 0.25) is 11.9 Å². The van der Waals surface area contributed by atoms with Crippen LogP contribution in [0.3, 0.4) is 0 Å². The molecular weight excluding hydrogens is 566 g/mol. The van der Waals surface area contributed by atoms with E-state index in [1.807, 2.05) is 0 Å². The first kappa shape index (κ1) is 32.2. The highest BCUT2D eigenvalue weighted by molar-refractivity contribution is 5.97. The number of ether oxygens (including phenoxy) is 2. The summed E-state index contributed by atoms with van der Waals surface area (Å²) in [7, 11) is 0. The summed E-state index contributed by atoms with van der Waals surface area (Å²) in [5.74, 6) is -2.32. The molecule has 3 aromatic rings. The van der Waals surface area contributed by atoms with Crippen LogP contribution in [0.2, 0.25) is 0 Å². The maximum atomic E-state index is 12.6. The largest absolute Gasteiger partial charge is 0.480 e. The molecule has 0 saturated carbocycles. The molecule has 0 spiro atoms. The number of anilines is 2. The summed E-state index contributed by atoms with van der Waals surface area (Å²) < 4.78 is 10.5. The fraction of sp³-hybridized carbons (Fsp3) is 0.400. The minimum absolute atomic E-state index is 0.0541. The van der Waals surface area contributed by atoms with Crippen molar-refractivity contribution in [2.24, 2.45) is 5.11 Å². The smallest absolute Gasteiger partial charge is 0.326 e. The number of aliphatic carboxylic acids is 1. The van der Waals surface area contributed by atoms with E-state index in [0.29, 0.717) is 24.6 Å². The SMILES string of the molecule is [N-]=[N+]=NCCOCCOCCNC(=O)CC[C@H](NC(=O)c1ccc(NCc2cnc3nc(N)[nH]c(=O)c3n2)cc1)C(=O)O. The lowest BCUT2D eigenvalue weighted by molar-refractivity contribution is -0.139. The molecule has 2 aromatic heterocycles. The molecule has 228 valence electrons. The van der Waals surface area contributed by atoms with Crippen molar-refractivity contribution in [1.29, 1.82) is 0 Å². The van der Waals surface area contributed by atoms with Gasteiger partial charge in [-0.1, -0.05) is 5.11 Å². The van der Waals surface area contributed by atoms with Crippen LogP contribution in [0, 0.1) is 0 Å². The van der Waals surface area contributed by atoms with E-state index in [0.717, 1.165) is 0 Å². The zero-order valence-electron chi connectivity index (χ0n) is 23.0. The van der Waals surface area contributed by atoms with Crippen molar-refractivity contribution in [3.63, 3.8) is 0 Å². The second kappa shape index (κ2) is 16.8. The van der Waals surface area contributed by atoms with Crippen LogP contribution in [-0.2, 0) is 25.6 Å². The van der Waals surface area contributed by atoms with E-state index in [2.05, 4.69) is 45.9 Å². The molecule has 0 radical (unpaired) electrons. The van der Waals surface area contributed by atoms with Crippen LogP contribution in [0.15, 0.2) is 40.4 Å². The van der Waals surface area contributed by atoms with Crippen LogP contribution in [0.4, 0.5) is 11.6 Å². The van der Waals surface area contributed by atoms with Crippen molar-refractivity contribution in [3.05, 3.63) is 62.5 Å². The summed E-state index contributed by atoms with van der Waals surface area (Å²) in [6.45, 7) is 1.81. The summed E-state index contributed by atoms with van der Waals surface area (Å²) in [6.07, 6.45) is 1.23. The Labute approximate surface area is 244 Å².